The van der Waals surface area contributed by atoms with E-state index in [1.54, 1.807) is 5.57 Å². The summed E-state index contributed by atoms with van der Waals surface area (Å²) in [6.07, 6.45) is 11.1. The quantitative estimate of drug-likeness (QED) is 0.377. The molecule has 3 heteroatoms. The Morgan fingerprint density at radius 1 is 1.06 bits per heavy atom. The zero-order chi connectivity index (χ0) is 24.2. The summed E-state index contributed by atoms with van der Waals surface area (Å²) in [6.45, 7) is 18.7. The molecule has 1 saturated heterocycles. The average molecular weight is 457 g/mol. The van der Waals surface area contributed by atoms with Crippen LogP contribution in [-0.2, 0) is 9.53 Å². The molecule has 3 saturated carbocycles. The van der Waals surface area contributed by atoms with Crippen LogP contribution >= 0.6 is 0 Å². The lowest BCUT2D eigenvalue weighted by Crippen LogP contribution is -2.57. The molecule has 3 nitrogen and oxygen atoms in total. The van der Waals surface area contributed by atoms with Crippen molar-refractivity contribution in [2.45, 2.75) is 125 Å². The lowest BCUT2D eigenvalue weighted by atomic mass is 9.41. The summed E-state index contributed by atoms with van der Waals surface area (Å²) in [5.74, 6) is 2.73. The Balaban J connectivity index is 1.41. The maximum Gasteiger partial charge on any atom is 0.138 e. The van der Waals surface area contributed by atoms with E-state index in [2.05, 4.69) is 61.5 Å². The number of epoxide rings is 1. The topological polar surface area (TPSA) is 49.8 Å². The van der Waals surface area contributed by atoms with Gasteiger partial charge >= 0.3 is 0 Å². The first-order valence-electron chi connectivity index (χ1n) is 13.8. The predicted octanol–water partition coefficient (Wildman–Crippen LogP) is 6.73. The average Bonchev–Trinajstić information content (AvgIpc) is 3.26. The Hall–Kier alpha value is -0.670. The first-order valence-corrected chi connectivity index (χ1v) is 13.8. The molecule has 1 heterocycles. The van der Waals surface area contributed by atoms with Gasteiger partial charge in [-0.2, -0.15) is 0 Å². The Morgan fingerprint density at radius 2 is 1.73 bits per heavy atom. The van der Waals surface area contributed by atoms with Gasteiger partial charge in [-0.05, 0) is 98.7 Å². The molecule has 186 valence electrons. The normalized spacial score (nSPS) is 49.4. The van der Waals surface area contributed by atoms with Crippen LogP contribution in [0, 0.1) is 45.3 Å². The number of aliphatic hydroxyl groups is 1. The van der Waals surface area contributed by atoms with Crippen LogP contribution in [0.25, 0.3) is 0 Å². The predicted molar refractivity (Wildman–Crippen MR) is 133 cm³/mol. The molecule has 0 aromatic heterocycles. The van der Waals surface area contributed by atoms with E-state index in [0.29, 0.717) is 29.5 Å². The minimum atomic E-state index is -0.350. The van der Waals surface area contributed by atoms with Gasteiger partial charge in [0.05, 0.1) is 11.7 Å². The number of ketones is 1. The number of hydrogen-bond donors (Lipinski definition) is 1. The lowest BCUT2D eigenvalue weighted by Gasteiger charge is -2.63. The van der Waals surface area contributed by atoms with Crippen molar-refractivity contribution in [3.8, 4) is 0 Å². The molecule has 1 aliphatic heterocycles. The highest BCUT2D eigenvalue weighted by molar-refractivity contribution is 5.85. The van der Waals surface area contributed by atoms with Crippen LogP contribution in [0.2, 0.25) is 0 Å². The molecule has 0 aromatic carbocycles. The van der Waals surface area contributed by atoms with Crippen molar-refractivity contribution >= 4 is 5.78 Å². The number of carbonyl (C=O) groups is 1. The van der Waals surface area contributed by atoms with Crippen LogP contribution in [0.15, 0.2) is 11.6 Å². The molecule has 0 unspecified atom stereocenters. The van der Waals surface area contributed by atoms with Crippen molar-refractivity contribution in [3.63, 3.8) is 0 Å². The van der Waals surface area contributed by atoms with Gasteiger partial charge in [0.15, 0.2) is 0 Å². The third-order valence-electron chi connectivity index (χ3n) is 12.4. The molecule has 0 radical (unpaired) electrons. The molecule has 9 atom stereocenters. The molecule has 5 aliphatic rings. The SMILES string of the molecule is C[C@@H](C[C@@H](O)[C@@H]1OC1(C)C)[C@@H]1CC[C@]2(C)C3=CC[C@H]4C(C)(C)C(=O)CC[C@]4(C)[C@@H]3CC[C@@]12C. The second-order valence-corrected chi connectivity index (χ2v) is 14.5. The third kappa shape index (κ3) is 3.16. The molecule has 0 amide bonds. The summed E-state index contributed by atoms with van der Waals surface area (Å²) in [7, 11) is 0. The van der Waals surface area contributed by atoms with E-state index in [1.807, 2.05) is 0 Å². The van der Waals surface area contributed by atoms with E-state index in [4.69, 9.17) is 4.74 Å². The molecular formula is C30H48O3. The number of carbonyl (C=O) groups excluding carboxylic acids is 1. The van der Waals surface area contributed by atoms with Crippen LogP contribution in [-0.4, -0.2) is 28.7 Å². The summed E-state index contributed by atoms with van der Waals surface area (Å²) < 4.78 is 5.75. The molecule has 0 spiro atoms. The summed E-state index contributed by atoms with van der Waals surface area (Å²) in [6, 6.07) is 0. The summed E-state index contributed by atoms with van der Waals surface area (Å²) in [4.78, 5) is 12.8. The van der Waals surface area contributed by atoms with E-state index >= 15 is 0 Å². The number of hydrogen-bond acceptors (Lipinski definition) is 3. The fourth-order valence-electron chi connectivity index (χ4n) is 9.97. The lowest BCUT2D eigenvalue weighted by molar-refractivity contribution is -0.146. The first kappa shape index (κ1) is 24.0. The molecule has 5 rings (SSSR count). The van der Waals surface area contributed by atoms with Gasteiger partial charge in [0.2, 0.25) is 0 Å². The van der Waals surface area contributed by atoms with Crippen molar-refractivity contribution < 1.29 is 14.6 Å². The van der Waals surface area contributed by atoms with E-state index in [1.165, 1.54) is 25.7 Å². The second-order valence-electron chi connectivity index (χ2n) is 14.5. The Morgan fingerprint density at radius 3 is 2.36 bits per heavy atom. The van der Waals surface area contributed by atoms with Crippen molar-refractivity contribution in [2.75, 3.05) is 0 Å². The van der Waals surface area contributed by atoms with Gasteiger partial charge in [0.1, 0.15) is 11.9 Å². The van der Waals surface area contributed by atoms with Gasteiger partial charge in [-0.15, -0.1) is 0 Å². The Labute approximate surface area is 202 Å². The maximum absolute atomic E-state index is 12.8. The molecule has 4 aliphatic carbocycles. The zero-order valence-corrected chi connectivity index (χ0v) is 22.5. The standard InChI is InChI=1S/C30H48O3/c1-18(17-22(31)25-27(4,5)33-25)19-11-15-30(8)21-9-10-23-26(2,3)24(32)13-14-28(23,6)20(21)12-16-29(19,30)7/h9,18-20,22-23,25,31H,10-17H2,1-8H3/t18-,19-,20+,22+,23-,25-,28+,29-,30+/m0/s1. The van der Waals surface area contributed by atoms with Crippen LogP contribution in [0.1, 0.15) is 107 Å². The minimum absolute atomic E-state index is 0.00609. The van der Waals surface area contributed by atoms with Crippen LogP contribution in [0.4, 0.5) is 0 Å². The molecular weight excluding hydrogens is 408 g/mol. The van der Waals surface area contributed by atoms with Gasteiger partial charge in [-0.1, -0.05) is 53.2 Å². The monoisotopic (exact) mass is 456 g/mol. The molecule has 33 heavy (non-hydrogen) atoms. The molecule has 4 fully saturated rings. The molecule has 0 bridgehead atoms. The Bertz CT molecular complexity index is 870. The zero-order valence-electron chi connectivity index (χ0n) is 22.5. The number of ether oxygens (including phenoxy) is 1. The van der Waals surface area contributed by atoms with Gasteiger partial charge in [0, 0.05) is 11.8 Å². The fraction of sp³-hybridized carbons (Fsp3) is 0.900. The summed E-state index contributed by atoms with van der Waals surface area (Å²) >= 11 is 0. The van der Waals surface area contributed by atoms with Crippen LogP contribution < -0.4 is 0 Å². The van der Waals surface area contributed by atoms with Gasteiger partial charge in [-0.3, -0.25) is 4.79 Å². The summed E-state index contributed by atoms with van der Waals surface area (Å²) in [5.41, 5.74) is 2.17. The highest BCUT2D eigenvalue weighted by Gasteiger charge is 2.65. The largest absolute Gasteiger partial charge is 0.390 e. The number of rotatable bonds is 4. The Kier molecular flexibility index (Phi) is 5.24. The van der Waals surface area contributed by atoms with Crippen molar-refractivity contribution in [3.05, 3.63) is 11.6 Å². The van der Waals surface area contributed by atoms with E-state index in [-0.39, 0.29) is 39.5 Å². The third-order valence-corrected chi connectivity index (χ3v) is 12.4. The number of allylic oxidation sites excluding steroid dienone is 2. The fourth-order valence-corrected chi connectivity index (χ4v) is 9.97. The number of Topliss-reactive ketones (excluding diaryl/α,β-unsaturated/α-hetero) is 1. The number of aliphatic hydroxyl groups excluding tert-OH is 1. The second kappa shape index (κ2) is 7.19. The highest BCUT2D eigenvalue weighted by atomic mass is 16.6. The minimum Gasteiger partial charge on any atom is -0.390 e. The first-order chi connectivity index (χ1) is 15.2. The van der Waals surface area contributed by atoms with E-state index in [9.17, 15) is 9.90 Å². The van der Waals surface area contributed by atoms with Crippen molar-refractivity contribution in [1.82, 2.24) is 0 Å². The molecule has 0 aromatic rings. The number of fused-ring (bicyclic) bond motifs is 5. The van der Waals surface area contributed by atoms with Gasteiger partial charge in [-0.25, -0.2) is 0 Å². The van der Waals surface area contributed by atoms with Crippen molar-refractivity contribution in [1.29, 1.82) is 0 Å². The summed E-state index contributed by atoms with van der Waals surface area (Å²) in [5, 5.41) is 10.9. The van der Waals surface area contributed by atoms with Crippen molar-refractivity contribution in [2.24, 2.45) is 45.3 Å². The van der Waals surface area contributed by atoms with Gasteiger partial charge < -0.3 is 9.84 Å². The van der Waals surface area contributed by atoms with Crippen LogP contribution in [0.5, 0.6) is 0 Å². The van der Waals surface area contributed by atoms with Crippen LogP contribution in [0.3, 0.4) is 0 Å². The highest BCUT2D eigenvalue weighted by Crippen LogP contribution is 2.73. The maximum atomic E-state index is 12.8. The van der Waals surface area contributed by atoms with E-state index < -0.39 is 0 Å². The smallest absolute Gasteiger partial charge is 0.138 e. The van der Waals surface area contributed by atoms with Gasteiger partial charge in [0.25, 0.3) is 0 Å². The van der Waals surface area contributed by atoms with E-state index in [0.717, 1.165) is 25.7 Å². The molecule has 1 N–H and O–H groups in total.